The van der Waals surface area contributed by atoms with E-state index in [1.807, 2.05) is 6.07 Å². The van der Waals surface area contributed by atoms with Crippen LogP contribution in [-0.2, 0) is 9.59 Å². The number of hydrogen-bond donors (Lipinski definition) is 2. The quantitative estimate of drug-likeness (QED) is 0.905. The molecule has 2 heterocycles. The van der Waals surface area contributed by atoms with Crippen LogP contribution in [0.5, 0.6) is 0 Å². The fraction of sp³-hybridized carbons (Fsp3) is 0.133. The Morgan fingerprint density at radius 3 is 2.86 bits per heavy atom. The second-order valence-corrected chi connectivity index (χ2v) is 6.41. The van der Waals surface area contributed by atoms with Gasteiger partial charge in [0.2, 0.25) is 11.8 Å². The van der Waals surface area contributed by atoms with Gasteiger partial charge in [0.15, 0.2) is 0 Å². The summed E-state index contributed by atoms with van der Waals surface area (Å²) in [5.41, 5.74) is 1.35. The van der Waals surface area contributed by atoms with Crippen LogP contribution in [0.3, 0.4) is 0 Å². The van der Waals surface area contributed by atoms with Crippen molar-refractivity contribution in [1.82, 2.24) is 4.98 Å². The molecule has 7 heteroatoms. The summed E-state index contributed by atoms with van der Waals surface area (Å²) in [6, 6.07) is 8.70. The van der Waals surface area contributed by atoms with Crippen molar-refractivity contribution in [3.05, 3.63) is 47.7 Å². The Labute approximate surface area is 136 Å². The van der Waals surface area contributed by atoms with Gasteiger partial charge in [-0.25, -0.2) is 0 Å². The van der Waals surface area contributed by atoms with E-state index in [2.05, 4.69) is 15.6 Å². The maximum Gasteiger partial charge on any atom is 0.238 e. The van der Waals surface area contributed by atoms with Crippen LogP contribution in [0.25, 0.3) is 0 Å². The lowest BCUT2D eigenvalue weighted by atomic mass is 10.2. The number of hydrogen-bond acceptors (Lipinski definition) is 4. The van der Waals surface area contributed by atoms with Crippen molar-refractivity contribution in [3.63, 3.8) is 0 Å². The van der Waals surface area contributed by atoms with Gasteiger partial charge in [-0.15, -0.1) is 11.8 Å². The van der Waals surface area contributed by atoms with Crippen molar-refractivity contribution < 1.29 is 9.59 Å². The minimum absolute atomic E-state index is 0.0981. The molecule has 2 amide bonds. The fourth-order valence-electron chi connectivity index (χ4n) is 2.07. The summed E-state index contributed by atoms with van der Waals surface area (Å²) in [6.07, 6.45) is 3.29. The summed E-state index contributed by atoms with van der Waals surface area (Å²) in [7, 11) is 0. The van der Waals surface area contributed by atoms with E-state index in [0.717, 1.165) is 4.90 Å². The molecule has 0 radical (unpaired) electrons. The zero-order valence-electron chi connectivity index (χ0n) is 11.4. The van der Waals surface area contributed by atoms with Crippen LogP contribution in [0.4, 0.5) is 11.4 Å². The molecule has 0 aliphatic carbocycles. The Bertz CT molecular complexity index is 724. The predicted octanol–water partition coefficient (Wildman–Crippen LogP) is 3.18. The highest BCUT2D eigenvalue weighted by Gasteiger charge is 2.29. The topological polar surface area (TPSA) is 71.1 Å². The molecule has 0 bridgehead atoms. The van der Waals surface area contributed by atoms with Crippen molar-refractivity contribution in [3.8, 4) is 0 Å². The van der Waals surface area contributed by atoms with E-state index in [1.54, 1.807) is 36.7 Å². The first-order valence-electron chi connectivity index (χ1n) is 6.59. The smallest absolute Gasteiger partial charge is 0.238 e. The number of carbonyl (C=O) groups is 2. The number of benzene rings is 1. The van der Waals surface area contributed by atoms with Gasteiger partial charge in [0.05, 0.1) is 10.9 Å². The number of aromatic nitrogens is 1. The van der Waals surface area contributed by atoms with Gasteiger partial charge in [0, 0.05) is 34.4 Å². The van der Waals surface area contributed by atoms with Crippen molar-refractivity contribution in [2.45, 2.75) is 16.6 Å². The van der Waals surface area contributed by atoms with E-state index < -0.39 is 5.25 Å². The Hall–Kier alpha value is -2.05. The lowest BCUT2D eigenvalue weighted by Gasteiger charge is -2.23. The number of nitrogens with one attached hydrogen (secondary N) is 2. The molecule has 1 aliphatic rings. The molecule has 0 spiro atoms. The second-order valence-electron chi connectivity index (χ2n) is 4.72. The Morgan fingerprint density at radius 1 is 1.32 bits per heavy atom. The Balaban J connectivity index is 1.67. The molecule has 1 aromatic carbocycles. The fourth-order valence-corrected chi connectivity index (χ4v) is 3.34. The molecule has 22 heavy (non-hydrogen) atoms. The first-order chi connectivity index (χ1) is 10.6. The maximum absolute atomic E-state index is 12.1. The SMILES string of the molecule is O=C(CC1Sc2ccc(Cl)cc2NC1=O)Nc1ccncc1. The van der Waals surface area contributed by atoms with Crippen molar-refractivity contribution >= 4 is 46.6 Å². The molecule has 112 valence electrons. The first-order valence-corrected chi connectivity index (χ1v) is 7.84. The van der Waals surface area contributed by atoms with E-state index in [0.29, 0.717) is 16.4 Å². The molecule has 1 aromatic heterocycles. The van der Waals surface area contributed by atoms with Crippen LogP contribution in [0.2, 0.25) is 5.02 Å². The lowest BCUT2D eigenvalue weighted by molar-refractivity contribution is -0.120. The van der Waals surface area contributed by atoms with E-state index in [1.165, 1.54) is 11.8 Å². The number of pyridine rings is 1. The summed E-state index contributed by atoms with van der Waals surface area (Å²) in [5, 5.41) is 5.64. The molecule has 1 unspecified atom stereocenters. The van der Waals surface area contributed by atoms with Crippen LogP contribution in [0.15, 0.2) is 47.6 Å². The molecule has 3 rings (SSSR count). The zero-order chi connectivity index (χ0) is 15.5. The minimum Gasteiger partial charge on any atom is -0.326 e. The van der Waals surface area contributed by atoms with E-state index >= 15 is 0 Å². The molecular formula is C15H12ClN3O2S. The van der Waals surface area contributed by atoms with Gasteiger partial charge in [0.1, 0.15) is 0 Å². The third-order valence-electron chi connectivity index (χ3n) is 3.10. The highest BCUT2D eigenvalue weighted by molar-refractivity contribution is 8.01. The number of nitrogens with zero attached hydrogens (tertiary/aromatic N) is 1. The number of rotatable bonds is 3. The third kappa shape index (κ3) is 3.40. The maximum atomic E-state index is 12.1. The number of thioether (sulfide) groups is 1. The number of amides is 2. The summed E-state index contributed by atoms with van der Waals surface area (Å²) in [6.45, 7) is 0. The van der Waals surface area contributed by atoms with Crippen LogP contribution in [0.1, 0.15) is 6.42 Å². The van der Waals surface area contributed by atoms with Crippen LogP contribution in [-0.4, -0.2) is 22.0 Å². The van der Waals surface area contributed by atoms with Crippen LogP contribution < -0.4 is 10.6 Å². The standard InChI is InChI=1S/C15H12ClN3O2S/c16-9-1-2-12-11(7-9)19-15(21)13(22-12)8-14(20)18-10-3-5-17-6-4-10/h1-7,13H,8H2,(H,19,21)(H,17,18,20). The lowest BCUT2D eigenvalue weighted by Crippen LogP contribution is -2.32. The Morgan fingerprint density at radius 2 is 2.09 bits per heavy atom. The third-order valence-corrected chi connectivity index (χ3v) is 4.61. The zero-order valence-corrected chi connectivity index (χ0v) is 12.9. The Kier molecular flexibility index (Phi) is 4.31. The predicted molar refractivity (Wildman–Crippen MR) is 87.2 cm³/mol. The van der Waals surface area contributed by atoms with Crippen molar-refractivity contribution in [1.29, 1.82) is 0 Å². The van der Waals surface area contributed by atoms with Crippen LogP contribution >= 0.6 is 23.4 Å². The van der Waals surface area contributed by atoms with E-state index in [4.69, 9.17) is 11.6 Å². The summed E-state index contributed by atoms with van der Waals surface area (Å²) >= 11 is 7.27. The van der Waals surface area contributed by atoms with Gasteiger partial charge >= 0.3 is 0 Å². The molecule has 5 nitrogen and oxygen atoms in total. The van der Waals surface area contributed by atoms with Crippen molar-refractivity contribution in [2.24, 2.45) is 0 Å². The van der Waals surface area contributed by atoms with Gasteiger partial charge in [-0.2, -0.15) is 0 Å². The molecular weight excluding hydrogens is 322 g/mol. The normalized spacial score (nSPS) is 16.6. The molecule has 1 atom stereocenters. The van der Waals surface area contributed by atoms with E-state index in [9.17, 15) is 9.59 Å². The first kappa shape index (κ1) is 14.9. The largest absolute Gasteiger partial charge is 0.326 e. The average Bonchev–Trinajstić information content (AvgIpc) is 2.49. The van der Waals surface area contributed by atoms with Gasteiger partial charge in [-0.1, -0.05) is 11.6 Å². The number of carbonyl (C=O) groups excluding carboxylic acids is 2. The summed E-state index contributed by atoms with van der Waals surface area (Å²) in [4.78, 5) is 28.9. The molecule has 0 saturated carbocycles. The number of anilines is 2. The van der Waals surface area contributed by atoms with Gasteiger partial charge in [0.25, 0.3) is 0 Å². The average molecular weight is 334 g/mol. The van der Waals surface area contributed by atoms with Gasteiger partial charge in [-0.3, -0.25) is 14.6 Å². The van der Waals surface area contributed by atoms with Gasteiger partial charge in [-0.05, 0) is 30.3 Å². The summed E-state index contributed by atoms with van der Waals surface area (Å²) in [5.74, 6) is -0.402. The molecule has 1 aliphatic heterocycles. The minimum atomic E-state index is -0.462. The molecule has 0 fully saturated rings. The molecule has 0 saturated heterocycles. The monoisotopic (exact) mass is 333 g/mol. The molecule has 2 aromatic rings. The van der Waals surface area contributed by atoms with Crippen molar-refractivity contribution in [2.75, 3.05) is 10.6 Å². The van der Waals surface area contributed by atoms with Crippen LogP contribution in [0, 0.1) is 0 Å². The molecule has 2 N–H and O–H groups in total. The van der Waals surface area contributed by atoms with E-state index in [-0.39, 0.29) is 18.2 Å². The second kappa shape index (κ2) is 6.37. The number of fused-ring (bicyclic) bond motifs is 1. The van der Waals surface area contributed by atoms with Gasteiger partial charge < -0.3 is 10.6 Å². The summed E-state index contributed by atoms with van der Waals surface area (Å²) < 4.78 is 0. The highest BCUT2D eigenvalue weighted by Crippen LogP contribution is 2.38. The number of halogens is 1. The highest BCUT2D eigenvalue weighted by atomic mass is 35.5.